The molecule has 0 aliphatic rings. The lowest BCUT2D eigenvalue weighted by atomic mass is 9.76. The Morgan fingerprint density at radius 3 is 2.27 bits per heavy atom. The zero-order chi connectivity index (χ0) is 24.8. The van der Waals surface area contributed by atoms with Crippen LogP contribution in [-0.4, -0.2) is 17.1 Å². The maximum absolute atomic E-state index is 13.2. The van der Waals surface area contributed by atoms with Gasteiger partial charge in [-0.3, -0.25) is 4.79 Å². The van der Waals surface area contributed by atoms with E-state index in [9.17, 15) is 9.90 Å². The standard InChI is InChI=1S/C28H42N2O3/c1-8-11-12-25(26(32)30-20-14-15-22(29)23(31)18-20)33-24-16-13-19(27(4,5)9-2)17-21(24)28(6,7)10-3/h13-18,25,31H,8-12,29H2,1-7H3,(H,30,32). The fourth-order valence-electron chi connectivity index (χ4n) is 3.61. The van der Waals surface area contributed by atoms with E-state index in [2.05, 4.69) is 65.9 Å². The van der Waals surface area contributed by atoms with Crippen molar-refractivity contribution in [2.45, 2.75) is 97.5 Å². The minimum Gasteiger partial charge on any atom is -0.506 e. The van der Waals surface area contributed by atoms with Crippen molar-refractivity contribution in [1.82, 2.24) is 0 Å². The van der Waals surface area contributed by atoms with Crippen LogP contribution in [0.2, 0.25) is 0 Å². The first-order chi connectivity index (χ1) is 15.4. The summed E-state index contributed by atoms with van der Waals surface area (Å²) in [6.07, 6.45) is 3.80. The van der Waals surface area contributed by atoms with Crippen molar-refractivity contribution in [3.8, 4) is 11.5 Å². The number of ether oxygens (including phenoxy) is 1. The molecule has 0 saturated heterocycles. The average Bonchev–Trinajstić information content (AvgIpc) is 2.78. The van der Waals surface area contributed by atoms with Crippen molar-refractivity contribution in [3.63, 3.8) is 0 Å². The molecule has 33 heavy (non-hydrogen) atoms. The Kier molecular flexibility index (Phi) is 8.82. The topological polar surface area (TPSA) is 84.6 Å². The average molecular weight is 455 g/mol. The number of hydrogen-bond acceptors (Lipinski definition) is 4. The predicted octanol–water partition coefficient (Wildman–Crippen LogP) is 6.93. The zero-order valence-corrected chi connectivity index (χ0v) is 21.4. The Labute approximate surface area is 199 Å². The molecule has 0 aromatic heterocycles. The summed E-state index contributed by atoms with van der Waals surface area (Å²) in [7, 11) is 0. The first-order valence-electron chi connectivity index (χ1n) is 12.2. The quantitative estimate of drug-likeness (QED) is 0.254. The highest BCUT2D eigenvalue weighted by Gasteiger charge is 2.29. The molecule has 2 rings (SSSR count). The van der Waals surface area contributed by atoms with E-state index in [0.29, 0.717) is 12.1 Å². The predicted molar refractivity (Wildman–Crippen MR) is 138 cm³/mol. The molecule has 1 atom stereocenters. The van der Waals surface area contributed by atoms with Crippen LogP contribution in [0.1, 0.15) is 91.7 Å². The van der Waals surface area contributed by atoms with E-state index in [4.69, 9.17) is 10.5 Å². The molecular formula is C28H42N2O3. The number of anilines is 2. The molecule has 0 fully saturated rings. The minimum absolute atomic E-state index is 0.0556. The van der Waals surface area contributed by atoms with E-state index in [-0.39, 0.29) is 28.2 Å². The number of benzene rings is 2. The van der Waals surface area contributed by atoms with Gasteiger partial charge in [0.15, 0.2) is 6.10 Å². The van der Waals surface area contributed by atoms with Crippen molar-refractivity contribution in [3.05, 3.63) is 47.5 Å². The van der Waals surface area contributed by atoms with Crippen molar-refractivity contribution < 1.29 is 14.6 Å². The summed E-state index contributed by atoms with van der Waals surface area (Å²) in [4.78, 5) is 13.2. The summed E-state index contributed by atoms with van der Waals surface area (Å²) in [6.45, 7) is 15.4. The number of phenols is 1. The highest BCUT2D eigenvalue weighted by Crippen LogP contribution is 2.39. The normalized spacial score (nSPS) is 12.9. The number of amides is 1. The largest absolute Gasteiger partial charge is 0.506 e. The zero-order valence-electron chi connectivity index (χ0n) is 21.4. The minimum atomic E-state index is -0.638. The summed E-state index contributed by atoms with van der Waals surface area (Å²) in [5, 5.41) is 12.8. The van der Waals surface area contributed by atoms with Gasteiger partial charge in [0.2, 0.25) is 0 Å². The molecule has 2 aromatic carbocycles. The molecule has 0 bridgehead atoms. The van der Waals surface area contributed by atoms with E-state index < -0.39 is 6.10 Å². The molecule has 0 aliphatic heterocycles. The van der Waals surface area contributed by atoms with Crippen LogP contribution >= 0.6 is 0 Å². The van der Waals surface area contributed by atoms with Crippen molar-refractivity contribution in [2.75, 3.05) is 11.1 Å². The first kappa shape index (κ1) is 26.6. The van der Waals surface area contributed by atoms with Crippen LogP contribution in [0, 0.1) is 0 Å². The third-order valence-corrected chi connectivity index (χ3v) is 6.94. The lowest BCUT2D eigenvalue weighted by Crippen LogP contribution is -2.34. The molecule has 4 N–H and O–H groups in total. The SMILES string of the molecule is CCCCC(Oc1ccc(C(C)(C)CC)cc1C(C)(C)CC)C(=O)Nc1ccc(N)c(O)c1. The molecule has 5 nitrogen and oxygen atoms in total. The fourth-order valence-corrected chi connectivity index (χ4v) is 3.61. The molecule has 0 aliphatic carbocycles. The number of rotatable bonds is 11. The second-order valence-corrected chi connectivity index (χ2v) is 10.2. The van der Waals surface area contributed by atoms with Crippen LogP contribution in [-0.2, 0) is 15.6 Å². The van der Waals surface area contributed by atoms with E-state index in [1.54, 1.807) is 12.1 Å². The van der Waals surface area contributed by atoms with E-state index in [0.717, 1.165) is 37.0 Å². The highest BCUT2D eigenvalue weighted by molar-refractivity contribution is 5.94. The lowest BCUT2D eigenvalue weighted by molar-refractivity contribution is -0.123. The van der Waals surface area contributed by atoms with E-state index in [1.165, 1.54) is 11.6 Å². The first-order valence-corrected chi connectivity index (χ1v) is 12.2. The van der Waals surface area contributed by atoms with Gasteiger partial charge < -0.3 is 20.9 Å². The maximum Gasteiger partial charge on any atom is 0.265 e. The third kappa shape index (κ3) is 6.66. The molecule has 5 heteroatoms. The monoisotopic (exact) mass is 454 g/mol. The van der Waals surface area contributed by atoms with Gasteiger partial charge >= 0.3 is 0 Å². The number of nitrogen functional groups attached to an aromatic ring is 1. The molecule has 0 radical (unpaired) electrons. The molecule has 0 heterocycles. The second-order valence-electron chi connectivity index (χ2n) is 10.2. The fraction of sp³-hybridized carbons (Fsp3) is 0.536. The van der Waals surface area contributed by atoms with Crippen LogP contribution in [0.4, 0.5) is 11.4 Å². The van der Waals surface area contributed by atoms with Gasteiger partial charge in [-0.15, -0.1) is 0 Å². The number of hydrogen-bond donors (Lipinski definition) is 3. The van der Waals surface area contributed by atoms with Gasteiger partial charge in [-0.1, -0.05) is 67.0 Å². The number of unbranched alkanes of at least 4 members (excludes halogenated alkanes) is 1. The Morgan fingerprint density at radius 1 is 1.03 bits per heavy atom. The number of carbonyl (C=O) groups is 1. The third-order valence-electron chi connectivity index (χ3n) is 6.94. The van der Waals surface area contributed by atoms with Crippen LogP contribution in [0.5, 0.6) is 11.5 Å². The summed E-state index contributed by atoms with van der Waals surface area (Å²) < 4.78 is 6.43. The molecule has 182 valence electrons. The summed E-state index contributed by atoms with van der Waals surface area (Å²) >= 11 is 0. The molecule has 1 unspecified atom stereocenters. The van der Waals surface area contributed by atoms with Crippen LogP contribution < -0.4 is 15.8 Å². The smallest absolute Gasteiger partial charge is 0.265 e. The number of nitrogens with one attached hydrogen (secondary N) is 1. The van der Waals surface area contributed by atoms with Crippen LogP contribution in [0.25, 0.3) is 0 Å². The number of phenolic OH excluding ortho intramolecular Hbond substituents is 1. The number of carbonyl (C=O) groups excluding carboxylic acids is 1. The Balaban J connectivity index is 2.40. The van der Waals surface area contributed by atoms with Gasteiger partial charge in [0, 0.05) is 17.3 Å². The Bertz CT molecular complexity index is 950. The highest BCUT2D eigenvalue weighted by atomic mass is 16.5. The van der Waals surface area contributed by atoms with E-state index >= 15 is 0 Å². The second kappa shape index (κ2) is 11.0. The van der Waals surface area contributed by atoms with Crippen molar-refractivity contribution in [1.29, 1.82) is 0 Å². The molecule has 2 aromatic rings. The number of nitrogens with two attached hydrogens (primary N) is 1. The van der Waals surface area contributed by atoms with Crippen molar-refractivity contribution >= 4 is 17.3 Å². The maximum atomic E-state index is 13.2. The number of aromatic hydroxyl groups is 1. The summed E-state index contributed by atoms with van der Waals surface area (Å²) in [6, 6.07) is 11.1. The summed E-state index contributed by atoms with van der Waals surface area (Å²) in [5.41, 5.74) is 8.82. The molecule has 0 spiro atoms. The van der Waals surface area contributed by atoms with Gasteiger partial charge in [0.25, 0.3) is 5.91 Å². The Morgan fingerprint density at radius 2 is 1.70 bits per heavy atom. The van der Waals surface area contributed by atoms with Crippen LogP contribution in [0.3, 0.4) is 0 Å². The lowest BCUT2D eigenvalue weighted by Gasteiger charge is -2.31. The van der Waals surface area contributed by atoms with Crippen LogP contribution in [0.15, 0.2) is 36.4 Å². The van der Waals surface area contributed by atoms with Gasteiger partial charge in [-0.05, 0) is 60.3 Å². The van der Waals surface area contributed by atoms with Gasteiger partial charge in [0.1, 0.15) is 11.5 Å². The molecule has 1 amide bonds. The Hall–Kier alpha value is -2.69. The summed E-state index contributed by atoms with van der Waals surface area (Å²) in [5.74, 6) is 0.472. The van der Waals surface area contributed by atoms with Gasteiger partial charge in [-0.25, -0.2) is 0 Å². The van der Waals surface area contributed by atoms with Crippen molar-refractivity contribution in [2.24, 2.45) is 0 Å². The molecular weight excluding hydrogens is 412 g/mol. The van der Waals surface area contributed by atoms with E-state index in [1.807, 2.05) is 6.07 Å². The van der Waals surface area contributed by atoms with Gasteiger partial charge in [0.05, 0.1) is 5.69 Å². The molecule has 0 saturated carbocycles. The van der Waals surface area contributed by atoms with Gasteiger partial charge in [-0.2, -0.15) is 0 Å².